The van der Waals surface area contributed by atoms with E-state index in [1.807, 2.05) is 0 Å². The van der Waals surface area contributed by atoms with Crippen LogP contribution in [0.25, 0.3) is 0 Å². The Hall–Kier alpha value is -1.35. The lowest BCUT2D eigenvalue weighted by Gasteiger charge is -2.22. The Balaban J connectivity index is 1.98. The zero-order chi connectivity index (χ0) is 11.5. The van der Waals surface area contributed by atoms with Crippen molar-refractivity contribution in [2.75, 3.05) is 7.11 Å². The third-order valence-electron chi connectivity index (χ3n) is 3.18. The predicted molar refractivity (Wildman–Crippen MR) is 61.8 cm³/mol. The number of esters is 1. The molecule has 1 unspecified atom stereocenters. The van der Waals surface area contributed by atoms with Crippen LogP contribution in [0.2, 0.25) is 0 Å². The molecular weight excluding hydrogens is 202 g/mol. The van der Waals surface area contributed by atoms with Gasteiger partial charge in [0.25, 0.3) is 0 Å². The molecule has 3 nitrogen and oxygen atoms in total. The summed E-state index contributed by atoms with van der Waals surface area (Å²) in [5.41, 5.74) is 2.75. The third-order valence-corrected chi connectivity index (χ3v) is 3.18. The third kappa shape index (κ3) is 2.25. The number of fused-ring (bicyclic) bond motifs is 1. The van der Waals surface area contributed by atoms with Gasteiger partial charge < -0.3 is 4.74 Å². The molecule has 1 aliphatic rings. The van der Waals surface area contributed by atoms with Gasteiger partial charge in [0.15, 0.2) is 0 Å². The largest absolute Gasteiger partial charge is 0.469 e. The second kappa shape index (κ2) is 4.66. The Bertz CT molecular complexity index is 364. The van der Waals surface area contributed by atoms with E-state index in [2.05, 4.69) is 36.1 Å². The molecule has 0 saturated carbocycles. The molecular formula is C13H17NO2. The monoisotopic (exact) mass is 219 g/mol. The van der Waals surface area contributed by atoms with Crippen molar-refractivity contribution in [3.8, 4) is 0 Å². The highest BCUT2D eigenvalue weighted by molar-refractivity contribution is 5.69. The molecule has 1 aromatic carbocycles. The second-order valence-electron chi connectivity index (χ2n) is 4.30. The first-order valence-corrected chi connectivity index (χ1v) is 5.58. The van der Waals surface area contributed by atoms with Crippen LogP contribution in [0.5, 0.6) is 0 Å². The van der Waals surface area contributed by atoms with E-state index >= 15 is 0 Å². The molecule has 0 spiro atoms. The van der Waals surface area contributed by atoms with Crippen LogP contribution in [0.15, 0.2) is 24.3 Å². The van der Waals surface area contributed by atoms with Gasteiger partial charge in [0.2, 0.25) is 0 Å². The summed E-state index contributed by atoms with van der Waals surface area (Å²) in [4.78, 5) is 13.5. The Kier molecular flexibility index (Phi) is 3.25. The van der Waals surface area contributed by atoms with Crippen LogP contribution >= 0.6 is 0 Å². The van der Waals surface area contributed by atoms with E-state index in [9.17, 15) is 4.79 Å². The first-order chi connectivity index (χ1) is 7.70. The number of ether oxygens (including phenoxy) is 1. The van der Waals surface area contributed by atoms with Gasteiger partial charge in [-0.3, -0.25) is 9.69 Å². The highest BCUT2D eigenvalue weighted by Crippen LogP contribution is 2.24. The molecule has 1 aliphatic heterocycles. The van der Waals surface area contributed by atoms with Crippen molar-refractivity contribution in [3.63, 3.8) is 0 Å². The summed E-state index contributed by atoms with van der Waals surface area (Å²) in [6, 6.07) is 8.67. The molecule has 86 valence electrons. The lowest BCUT2D eigenvalue weighted by atomic mass is 10.1. The Morgan fingerprint density at radius 3 is 2.44 bits per heavy atom. The van der Waals surface area contributed by atoms with Crippen LogP contribution in [-0.2, 0) is 22.6 Å². The molecule has 0 saturated heterocycles. The maximum atomic E-state index is 11.2. The summed E-state index contributed by atoms with van der Waals surface area (Å²) in [5.74, 6) is -0.136. The molecule has 0 bridgehead atoms. The Morgan fingerprint density at radius 1 is 1.38 bits per heavy atom. The lowest BCUT2D eigenvalue weighted by molar-refractivity contribution is -0.142. The maximum absolute atomic E-state index is 11.2. The van der Waals surface area contributed by atoms with Gasteiger partial charge in [0.05, 0.1) is 13.5 Å². The fourth-order valence-electron chi connectivity index (χ4n) is 2.12. The number of methoxy groups -OCH3 is 1. The van der Waals surface area contributed by atoms with Gasteiger partial charge in [0, 0.05) is 19.1 Å². The highest BCUT2D eigenvalue weighted by Gasteiger charge is 2.24. The van der Waals surface area contributed by atoms with E-state index in [1.165, 1.54) is 18.2 Å². The van der Waals surface area contributed by atoms with Crippen LogP contribution in [0.4, 0.5) is 0 Å². The van der Waals surface area contributed by atoms with Crippen molar-refractivity contribution < 1.29 is 9.53 Å². The van der Waals surface area contributed by atoms with Gasteiger partial charge in [-0.1, -0.05) is 24.3 Å². The van der Waals surface area contributed by atoms with Crippen molar-refractivity contribution in [1.29, 1.82) is 0 Å². The first-order valence-electron chi connectivity index (χ1n) is 5.58. The number of nitrogens with zero attached hydrogens (tertiary/aromatic N) is 1. The normalized spacial score (nSPS) is 16.9. The molecule has 0 amide bonds. The zero-order valence-corrected chi connectivity index (χ0v) is 9.77. The minimum Gasteiger partial charge on any atom is -0.469 e. The first kappa shape index (κ1) is 11.1. The van der Waals surface area contributed by atoms with E-state index in [4.69, 9.17) is 4.74 Å². The highest BCUT2D eigenvalue weighted by atomic mass is 16.5. The van der Waals surface area contributed by atoms with Crippen molar-refractivity contribution >= 4 is 5.97 Å². The van der Waals surface area contributed by atoms with Gasteiger partial charge in [-0.2, -0.15) is 0 Å². The number of rotatable bonds is 3. The molecule has 0 fully saturated rings. The van der Waals surface area contributed by atoms with Gasteiger partial charge >= 0.3 is 5.97 Å². The van der Waals surface area contributed by atoms with Gasteiger partial charge in [0.1, 0.15) is 0 Å². The zero-order valence-electron chi connectivity index (χ0n) is 9.77. The molecule has 3 heteroatoms. The van der Waals surface area contributed by atoms with Crippen molar-refractivity contribution in [3.05, 3.63) is 35.4 Å². The summed E-state index contributed by atoms with van der Waals surface area (Å²) in [6.07, 6.45) is 0.463. The summed E-state index contributed by atoms with van der Waals surface area (Å²) in [6.45, 7) is 3.95. The van der Waals surface area contributed by atoms with Crippen LogP contribution in [0.3, 0.4) is 0 Å². The van der Waals surface area contributed by atoms with Crippen LogP contribution in [0.1, 0.15) is 24.5 Å². The quantitative estimate of drug-likeness (QED) is 0.728. The van der Waals surface area contributed by atoms with Crippen LogP contribution in [0, 0.1) is 0 Å². The van der Waals surface area contributed by atoms with E-state index < -0.39 is 0 Å². The summed E-state index contributed by atoms with van der Waals surface area (Å²) in [5, 5.41) is 0. The van der Waals surface area contributed by atoms with E-state index in [1.54, 1.807) is 0 Å². The second-order valence-corrected chi connectivity index (χ2v) is 4.30. The van der Waals surface area contributed by atoms with Gasteiger partial charge in [-0.05, 0) is 18.1 Å². The van der Waals surface area contributed by atoms with Crippen molar-refractivity contribution in [2.45, 2.75) is 32.5 Å². The fourth-order valence-corrected chi connectivity index (χ4v) is 2.12. The Labute approximate surface area is 96.0 Å². The summed E-state index contributed by atoms with van der Waals surface area (Å²) in [7, 11) is 1.44. The Morgan fingerprint density at radius 2 is 1.94 bits per heavy atom. The average molecular weight is 219 g/mol. The molecule has 2 rings (SSSR count). The van der Waals surface area contributed by atoms with E-state index in [0.29, 0.717) is 6.42 Å². The molecule has 1 aromatic rings. The number of carbonyl (C=O) groups excluding carboxylic acids is 1. The number of hydrogen-bond donors (Lipinski definition) is 0. The standard InChI is InChI=1S/C13H17NO2/c1-10(7-13(15)16-2)14-8-11-5-3-4-6-12(11)9-14/h3-6,10H,7-9H2,1-2H3. The van der Waals surface area contributed by atoms with E-state index in [-0.39, 0.29) is 12.0 Å². The molecule has 16 heavy (non-hydrogen) atoms. The molecule has 0 aliphatic carbocycles. The molecule has 1 atom stereocenters. The lowest BCUT2D eigenvalue weighted by Crippen LogP contribution is -2.30. The van der Waals surface area contributed by atoms with Crippen LogP contribution in [-0.4, -0.2) is 24.0 Å². The van der Waals surface area contributed by atoms with E-state index in [0.717, 1.165) is 13.1 Å². The van der Waals surface area contributed by atoms with Crippen molar-refractivity contribution in [1.82, 2.24) is 4.90 Å². The maximum Gasteiger partial charge on any atom is 0.307 e. The average Bonchev–Trinajstić information content (AvgIpc) is 2.72. The summed E-state index contributed by atoms with van der Waals surface area (Å²) >= 11 is 0. The van der Waals surface area contributed by atoms with Gasteiger partial charge in [-0.15, -0.1) is 0 Å². The number of hydrogen-bond acceptors (Lipinski definition) is 3. The number of benzene rings is 1. The smallest absolute Gasteiger partial charge is 0.307 e. The molecule has 0 aromatic heterocycles. The fraction of sp³-hybridized carbons (Fsp3) is 0.462. The topological polar surface area (TPSA) is 29.5 Å². The number of carbonyl (C=O) groups is 1. The molecule has 0 N–H and O–H groups in total. The minimum absolute atomic E-state index is 0.136. The summed E-state index contributed by atoms with van der Waals surface area (Å²) < 4.78 is 4.69. The van der Waals surface area contributed by atoms with Gasteiger partial charge in [-0.25, -0.2) is 0 Å². The SMILES string of the molecule is COC(=O)CC(C)N1Cc2ccccc2C1. The van der Waals surface area contributed by atoms with Crippen molar-refractivity contribution in [2.24, 2.45) is 0 Å². The molecule has 1 heterocycles. The minimum atomic E-state index is -0.136. The molecule has 0 radical (unpaired) electrons. The predicted octanol–water partition coefficient (Wildman–Crippen LogP) is 1.95. The van der Waals surface area contributed by atoms with Crippen LogP contribution < -0.4 is 0 Å².